The monoisotopic (exact) mass is 239 g/mol. The van der Waals surface area contributed by atoms with E-state index >= 15 is 0 Å². The number of nitrogens with one attached hydrogen (secondary N) is 2. The van der Waals surface area contributed by atoms with E-state index in [0.29, 0.717) is 0 Å². The van der Waals surface area contributed by atoms with E-state index in [2.05, 4.69) is 10.4 Å². The molecule has 0 unspecified atom stereocenters. The van der Waals surface area contributed by atoms with Gasteiger partial charge in [-0.1, -0.05) is 6.92 Å². The maximum atomic E-state index is 13.2. The molecule has 17 heavy (non-hydrogen) atoms. The van der Waals surface area contributed by atoms with Gasteiger partial charge in [-0.25, -0.2) is 14.3 Å². The summed E-state index contributed by atoms with van der Waals surface area (Å²) in [6.07, 6.45) is 1.32. The summed E-state index contributed by atoms with van der Waals surface area (Å²) in [7, 11) is 0. The van der Waals surface area contributed by atoms with E-state index in [4.69, 9.17) is 5.53 Å². The highest BCUT2D eigenvalue weighted by Crippen LogP contribution is 2.15. The Bertz CT molecular complexity index is 472. The minimum Gasteiger partial charge on any atom is -0.357 e. The van der Waals surface area contributed by atoms with Crippen molar-refractivity contribution in [3.8, 4) is 0 Å². The van der Waals surface area contributed by atoms with Crippen molar-refractivity contribution in [2.75, 3.05) is 5.32 Å². The summed E-state index contributed by atoms with van der Waals surface area (Å²) in [6, 6.07) is 2.99. The van der Waals surface area contributed by atoms with Crippen molar-refractivity contribution in [3.05, 3.63) is 41.7 Å². The summed E-state index contributed by atoms with van der Waals surface area (Å²) in [4.78, 5) is 11.2. The molecular formula is C11H11F2N3O. The van der Waals surface area contributed by atoms with Crippen LogP contribution in [0.25, 0.3) is 0 Å². The van der Waals surface area contributed by atoms with Crippen LogP contribution in [-0.4, -0.2) is 5.78 Å². The van der Waals surface area contributed by atoms with Crippen LogP contribution >= 0.6 is 0 Å². The SMILES string of the molecule is CCC(=O)/C(=C/Nc1ccc(F)cc1F)N=N. The summed E-state index contributed by atoms with van der Waals surface area (Å²) in [5.74, 6) is -1.81. The van der Waals surface area contributed by atoms with Gasteiger partial charge >= 0.3 is 0 Å². The van der Waals surface area contributed by atoms with Gasteiger partial charge in [-0.05, 0) is 12.1 Å². The predicted molar refractivity (Wildman–Crippen MR) is 58.5 cm³/mol. The highest BCUT2D eigenvalue weighted by Gasteiger charge is 2.07. The first-order valence-electron chi connectivity index (χ1n) is 4.91. The Morgan fingerprint density at radius 3 is 2.76 bits per heavy atom. The molecule has 4 nitrogen and oxygen atoms in total. The van der Waals surface area contributed by atoms with Crippen molar-refractivity contribution in [1.29, 1.82) is 5.53 Å². The van der Waals surface area contributed by atoms with Crippen LogP contribution in [0.5, 0.6) is 0 Å². The van der Waals surface area contributed by atoms with Gasteiger partial charge in [0, 0.05) is 18.7 Å². The molecule has 0 aliphatic rings. The normalized spacial score (nSPS) is 11.1. The lowest BCUT2D eigenvalue weighted by Crippen LogP contribution is -2.01. The molecule has 0 saturated heterocycles. The van der Waals surface area contributed by atoms with Crippen molar-refractivity contribution in [2.45, 2.75) is 13.3 Å². The molecular weight excluding hydrogens is 228 g/mol. The van der Waals surface area contributed by atoms with Crippen LogP contribution in [0, 0.1) is 17.2 Å². The highest BCUT2D eigenvalue weighted by molar-refractivity contribution is 5.94. The Hall–Kier alpha value is -2.11. The minimum absolute atomic E-state index is 0.0106. The number of benzene rings is 1. The molecule has 6 heteroatoms. The first-order valence-corrected chi connectivity index (χ1v) is 4.91. The van der Waals surface area contributed by atoms with Crippen molar-refractivity contribution in [3.63, 3.8) is 0 Å². The number of hydrogen-bond acceptors (Lipinski definition) is 4. The number of carbonyl (C=O) groups excluding carboxylic acids is 1. The van der Waals surface area contributed by atoms with Crippen LogP contribution in [0.1, 0.15) is 13.3 Å². The zero-order valence-electron chi connectivity index (χ0n) is 9.13. The molecule has 0 saturated carbocycles. The molecule has 0 fully saturated rings. The van der Waals surface area contributed by atoms with Crippen LogP contribution in [-0.2, 0) is 4.79 Å². The molecule has 0 aliphatic heterocycles. The number of Topliss-reactive ketones (excluding diaryl/α,β-unsaturated/α-hetero) is 1. The Balaban J connectivity index is 2.87. The van der Waals surface area contributed by atoms with E-state index in [-0.39, 0.29) is 23.6 Å². The quantitative estimate of drug-likeness (QED) is 0.612. The van der Waals surface area contributed by atoms with Gasteiger partial charge < -0.3 is 5.32 Å². The topological polar surface area (TPSA) is 65.3 Å². The van der Waals surface area contributed by atoms with Crippen LogP contribution in [0.15, 0.2) is 35.2 Å². The van der Waals surface area contributed by atoms with E-state index in [0.717, 1.165) is 18.3 Å². The fraction of sp³-hybridized carbons (Fsp3) is 0.182. The number of rotatable bonds is 5. The molecule has 0 aromatic heterocycles. The number of carbonyl (C=O) groups is 1. The van der Waals surface area contributed by atoms with Crippen molar-refractivity contribution in [1.82, 2.24) is 0 Å². The number of ketones is 1. The average Bonchev–Trinajstić information content (AvgIpc) is 2.31. The summed E-state index contributed by atoms with van der Waals surface area (Å²) in [6.45, 7) is 1.62. The molecule has 0 spiro atoms. The van der Waals surface area contributed by atoms with Crippen molar-refractivity contribution in [2.24, 2.45) is 5.11 Å². The van der Waals surface area contributed by atoms with Gasteiger partial charge in [-0.2, -0.15) is 5.11 Å². The number of nitrogens with zero attached hydrogens (tertiary/aromatic N) is 1. The summed E-state index contributed by atoms with van der Waals surface area (Å²) >= 11 is 0. The standard InChI is InChI=1S/C11H11F2N3O/c1-2-11(17)10(16-14)6-15-9-4-3-7(12)5-8(9)13/h3-6,14-15H,2H2,1H3/b10-6-,16-14?. The lowest BCUT2D eigenvalue weighted by molar-refractivity contribution is -0.115. The van der Waals surface area contributed by atoms with E-state index < -0.39 is 11.6 Å². The minimum atomic E-state index is -0.783. The maximum absolute atomic E-state index is 13.2. The fourth-order valence-corrected chi connectivity index (χ4v) is 1.11. The van der Waals surface area contributed by atoms with Crippen LogP contribution in [0.4, 0.5) is 14.5 Å². The fourth-order valence-electron chi connectivity index (χ4n) is 1.11. The first-order chi connectivity index (χ1) is 8.08. The molecule has 1 aromatic carbocycles. The van der Waals surface area contributed by atoms with Crippen LogP contribution in [0.2, 0.25) is 0 Å². The Morgan fingerprint density at radius 1 is 1.53 bits per heavy atom. The maximum Gasteiger partial charge on any atom is 0.184 e. The molecule has 0 atom stereocenters. The molecule has 2 N–H and O–H groups in total. The predicted octanol–water partition coefficient (Wildman–Crippen LogP) is 3.23. The molecule has 0 amide bonds. The molecule has 90 valence electrons. The summed E-state index contributed by atoms with van der Waals surface area (Å²) < 4.78 is 25.8. The number of halogens is 2. The van der Waals surface area contributed by atoms with E-state index in [1.165, 1.54) is 6.07 Å². The second-order valence-corrected chi connectivity index (χ2v) is 3.19. The molecule has 1 rings (SSSR count). The van der Waals surface area contributed by atoms with E-state index in [1.807, 2.05) is 0 Å². The van der Waals surface area contributed by atoms with E-state index in [9.17, 15) is 13.6 Å². The Kier molecular flexibility index (Phi) is 4.45. The zero-order valence-corrected chi connectivity index (χ0v) is 9.13. The summed E-state index contributed by atoms with van der Waals surface area (Å²) in [5.41, 5.74) is 6.69. The number of hydrogen-bond donors (Lipinski definition) is 2. The second kappa shape index (κ2) is 5.83. The second-order valence-electron chi connectivity index (χ2n) is 3.19. The van der Waals surface area contributed by atoms with Crippen LogP contribution in [0.3, 0.4) is 0 Å². The molecule has 0 bridgehead atoms. The lowest BCUT2D eigenvalue weighted by Gasteiger charge is -2.03. The third-order valence-electron chi connectivity index (χ3n) is 2.02. The third-order valence-corrected chi connectivity index (χ3v) is 2.02. The van der Waals surface area contributed by atoms with Gasteiger partial charge in [-0.3, -0.25) is 4.79 Å². The van der Waals surface area contributed by atoms with Gasteiger partial charge in [0.2, 0.25) is 0 Å². The van der Waals surface area contributed by atoms with Gasteiger partial charge in [0.05, 0.1) is 5.69 Å². The van der Waals surface area contributed by atoms with E-state index in [1.54, 1.807) is 6.92 Å². The lowest BCUT2D eigenvalue weighted by atomic mass is 10.2. The summed E-state index contributed by atoms with van der Waals surface area (Å²) in [5, 5.41) is 5.49. The number of anilines is 1. The van der Waals surface area contributed by atoms with Crippen LogP contribution < -0.4 is 5.32 Å². The highest BCUT2D eigenvalue weighted by atomic mass is 19.1. The smallest absolute Gasteiger partial charge is 0.184 e. The molecule has 0 radical (unpaired) electrons. The zero-order chi connectivity index (χ0) is 12.8. The Morgan fingerprint density at radius 2 is 2.24 bits per heavy atom. The molecule has 0 aliphatic carbocycles. The van der Waals surface area contributed by atoms with Gasteiger partial charge in [0.15, 0.2) is 5.78 Å². The molecule has 1 aromatic rings. The van der Waals surface area contributed by atoms with Crippen molar-refractivity contribution >= 4 is 11.5 Å². The largest absolute Gasteiger partial charge is 0.357 e. The first kappa shape index (κ1) is 13.0. The van der Waals surface area contributed by atoms with Gasteiger partial charge in [0.1, 0.15) is 17.3 Å². The van der Waals surface area contributed by atoms with Gasteiger partial charge in [0.25, 0.3) is 0 Å². The third kappa shape index (κ3) is 3.44. The molecule has 0 heterocycles. The van der Waals surface area contributed by atoms with Gasteiger partial charge in [-0.15, -0.1) is 0 Å². The van der Waals surface area contributed by atoms with Crippen molar-refractivity contribution < 1.29 is 13.6 Å². The average molecular weight is 239 g/mol. The number of allylic oxidation sites excluding steroid dienone is 1. The Labute approximate surface area is 96.8 Å².